The van der Waals surface area contributed by atoms with Crippen molar-refractivity contribution >= 4 is 52.2 Å². The Morgan fingerprint density at radius 1 is 1.03 bits per heavy atom. The van der Waals surface area contributed by atoms with Gasteiger partial charge in [0.05, 0.1) is 23.6 Å². The van der Waals surface area contributed by atoms with Crippen LogP contribution in [0, 0.1) is 11.6 Å². The molecule has 35 heavy (non-hydrogen) atoms. The number of amides is 2. The van der Waals surface area contributed by atoms with Crippen molar-refractivity contribution in [1.82, 2.24) is 4.90 Å². The summed E-state index contributed by atoms with van der Waals surface area (Å²) >= 11 is 12.9. The van der Waals surface area contributed by atoms with Crippen LogP contribution >= 0.6 is 35.0 Å². The molecule has 3 aromatic rings. The number of hydrogen-bond acceptors (Lipinski definition) is 5. The van der Waals surface area contributed by atoms with Gasteiger partial charge in [0, 0.05) is 16.1 Å². The first kappa shape index (κ1) is 25.0. The Morgan fingerprint density at radius 2 is 1.80 bits per heavy atom. The highest BCUT2D eigenvalue weighted by Crippen LogP contribution is 2.39. The molecule has 0 saturated carbocycles. The van der Waals surface area contributed by atoms with E-state index in [2.05, 4.69) is 0 Å². The molecule has 2 amide bonds. The molecule has 0 bridgehead atoms. The summed E-state index contributed by atoms with van der Waals surface area (Å²) in [7, 11) is 1.45. The first-order valence-electron chi connectivity index (χ1n) is 10.2. The van der Waals surface area contributed by atoms with Crippen LogP contribution in [0.2, 0.25) is 10.0 Å². The minimum atomic E-state index is -0.536. The minimum absolute atomic E-state index is 0.103. The fourth-order valence-electron chi connectivity index (χ4n) is 3.37. The third-order valence-corrected chi connectivity index (χ3v) is 6.77. The summed E-state index contributed by atoms with van der Waals surface area (Å²) in [4.78, 5) is 26.7. The summed E-state index contributed by atoms with van der Waals surface area (Å²) in [6.45, 7) is -0.286. The zero-order valence-corrected chi connectivity index (χ0v) is 20.5. The molecule has 180 valence electrons. The van der Waals surface area contributed by atoms with Gasteiger partial charge in [0.2, 0.25) is 0 Å². The van der Waals surface area contributed by atoms with E-state index in [1.807, 2.05) is 0 Å². The molecule has 10 heteroatoms. The molecule has 4 rings (SSSR count). The summed E-state index contributed by atoms with van der Waals surface area (Å²) < 4.78 is 38.8. The molecule has 0 unspecified atom stereocenters. The van der Waals surface area contributed by atoms with Crippen molar-refractivity contribution in [3.05, 3.63) is 97.9 Å². The van der Waals surface area contributed by atoms with E-state index in [1.54, 1.807) is 24.3 Å². The molecule has 1 aliphatic rings. The second-order valence-corrected chi connectivity index (χ2v) is 9.18. The highest BCUT2D eigenvalue weighted by atomic mass is 35.5. The Morgan fingerprint density at radius 3 is 2.51 bits per heavy atom. The number of imide groups is 1. The lowest BCUT2D eigenvalue weighted by Gasteiger charge is -2.15. The number of thioether (sulfide) groups is 1. The summed E-state index contributed by atoms with van der Waals surface area (Å²) in [6, 6.07) is 13.1. The number of benzene rings is 3. The minimum Gasteiger partial charge on any atom is -0.493 e. The third kappa shape index (κ3) is 5.45. The first-order valence-corrected chi connectivity index (χ1v) is 11.8. The molecule has 0 spiro atoms. The number of carbonyl (C=O) groups excluding carboxylic acids is 2. The van der Waals surface area contributed by atoms with Gasteiger partial charge in [-0.3, -0.25) is 14.5 Å². The van der Waals surface area contributed by atoms with Crippen LogP contribution in [-0.4, -0.2) is 23.2 Å². The molecule has 1 heterocycles. The van der Waals surface area contributed by atoms with Gasteiger partial charge in [-0.1, -0.05) is 47.5 Å². The van der Waals surface area contributed by atoms with Gasteiger partial charge in [-0.15, -0.1) is 0 Å². The molecule has 5 nitrogen and oxygen atoms in total. The van der Waals surface area contributed by atoms with Gasteiger partial charge in [0.1, 0.15) is 18.2 Å². The van der Waals surface area contributed by atoms with Crippen LogP contribution in [0.4, 0.5) is 13.6 Å². The number of nitrogens with zero attached hydrogens (tertiary/aromatic N) is 1. The molecular weight excluding hydrogens is 519 g/mol. The van der Waals surface area contributed by atoms with Crippen molar-refractivity contribution in [3.8, 4) is 11.5 Å². The number of para-hydroxylation sites is 1. The Kier molecular flexibility index (Phi) is 7.64. The first-order chi connectivity index (χ1) is 16.8. The van der Waals surface area contributed by atoms with Crippen LogP contribution in [0.1, 0.15) is 16.7 Å². The highest BCUT2D eigenvalue weighted by molar-refractivity contribution is 8.18. The Hall–Kier alpha value is -3.07. The molecule has 1 aliphatic heterocycles. The molecule has 0 N–H and O–H groups in total. The largest absolute Gasteiger partial charge is 0.493 e. The van der Waals surface area contributed by atoms with E-state index < -0.39 is 22.8 Å². The van der Waals surface area contributed by atoms with Crippen LogP contribution in [0.3, 0.4) is 0 Å². The Labute approximate surface area is 214 Å². The van der Waals surface area contributed by atoms with E-state index in [1.165, 1.54) is 37.5 Å². The lowest BCUT2D eigenvalue weighted by atomic mass is 10.1. The number of halogens is 4. The van der Waals surface area contributed by atoms with Crippen molar-refractivity contribution < 1.29 is 27.8 Å². The summed E-state index contributed by atoms with van der Waals surface area (Å²) in [6.07, 6.45) is 1.50. The molecule has 0 atom stereocenters. The summed E-state index contributed by atoms with van der Waals surface area (Å²) in [5, 5.41) is -0.171. The van der Waals surface area contributed by atoms with Gasteiger partial charge in [0.15, 0.2) is 11.5 Å². The maximum atomic E-state index is 14.2. The van der Waals surface area contributed by atoms with E-state index in [4.69, 9.17) is 32.7 Å². The molecule has 3 aromatic carbocycles. The number of carbonyl (C=O) groups is 2. The van der Waals surface area contributed by atoms with E-state index in [0.717, 1.165) is 22.7 Å². The Balaban J connectivity index is 1.61. The fraction of sp³-hybridized carbons (Fsp3) is 0.120. The molecule has 0 radical (unpaired) electrons. The number of ether oxygens (including phenoxy) is 2. The smallest absolute Gasteiger partial charge is 0.293 e. The lowest BCUT2D eigenvalue weighted by molar-refractivity contribution is -0.123. The quantitative estimate of drug-likeness (QED) is 0.302. The SMILES string of the molecule is COc1cccc(/C=C2\SC(=O)N(Cc3ccc(F)cc3Cl)C2=O)c1OCc1c(F)cccc1Cl. The Bertz CT molecular complexity index is 1330. The monoisotopic (exact) mass is 535 g/mol. The second kappa shape index (κ2) is 10.7. The van der Waals surface area contributed by atoms with Crippen LogP contribution in [0.25, 0.3) is 6.08 Å². The van der Waals surface area contributed by atoms with Crippen LogP contribution in [0.15, 0.2) is 59.5 Å². The average molecular weight is 536 g/mol. The lowest BCUT2D eigenvalue weighted by Crippen LogP contribution is -2.27. The number of hydrogen-bond donors (Lipinski definition) is 0. The fourth-order valence-corrected chi connectivity index (χ4v) is 4.65. The van der Waals surface area contributed by atoms with Crippen molar-refractivity contribution in [2.45, 2.75) is 13.2 Å². The predicted molar refractivity (Wildman–Crippen MR) is 132 cm³/mol. The van der Waals surface area contributed by atoms with Crippen molar-refractivity contribution in [2.24, 2.45) is 0 Å². The molecule has 0 aliphatic carbocycles. The van der Waals surface area contributed by atoms with Gasteiger partial charge in [0.25, 0.3) is 11.1 Å². The zero-order valence-electron chi connectivity index (χ0n) is 18.2. The molecule has 1 fully saturated rings. The maximum Gasteiger partial charge on any atom is 0.293 e. The standard InChI is InChI=1S/C25H17Cl2F2NO4S/c1-33-21-7-2-4-14(23(21)34-13-17-18(26)5-3-6-20(17)29)10-22-24(31)30(25(32)35-22)12-15-8-9-16(28)11-19(15)27/h2-11H,12-13H2,1H3/b22-10-. The van der Waals surface area contributed by atoms with Gasteiger partial charge in [-0.05, 0) is 53.7 Å². The van der Waals surface area contributed by atoms with Crippen molar-refractivity contribution in [1.29, 1.82) is 0 Å². The van der Waals surface area contributed by atoms with Crippen LogP contribution in [0.5, 0.6) is 11.5 Å². The van der Waals surface area contributed by atoms with Crippen molar-refractivity contribution in [2.75, 3.05) is 7.11 Å². The average Bonchev–Trinajstić information content (AvgIpc) is 3.08. The number of methoxy groups -OCH3 is 1. The highest BCUT2D eigenvalue weighted by Gasteiger charge is 2.35. The zero-order chi connectivity index (χ0) is 25.1. The van der Waals surface area contributed by atoms with E-state index in [9.17, 15) is 18.4 Å². The molecule has 1 saturated heterocycles. The molecular formula is C25H17Cl2F2NO4S. The van der Waals surface area contributed by atoms with Gasteiger partial charge in [-0.2, -0.15) is 0 Å². The summed E-state index contributed by atoms with van der Waals surface area (Å²) in [5.41, 5.74) is 1.05. The second-order valence-electron chi connectivity index (χ2n) is 7.37. The predicted octanol–water partition coefficient (Wildman–Crippen LogP) is 7.10. The van der Waals surface area contributed by atoms with Crippen LogP contribution in [-0.2, 0) is 17.9 Å². The third-order valence-electron chi connectivity index (χ3n) is 5.16. The van der Waals surface area contributed by atoms with Gasteiger partial charge < -0.3 is 9.47 Å². The topological polar surface area (TPSA) is 55.8 Å². The van der Waals surface area contributed by atoms with Gasteiger partial charge in [-0.25, -0.2) is 8.78 Å². The van der Waals surface area contributed by atoms with E-state index in [-0.39, 0.29) is 39.4 Å². The molecule has 0 aromatic heterocycles. The van der Waals surface area contributed by atoms with E-state index >= 15 is 0 Å². The number of rotatable bonds is 7. The van der Waals surface area contributed by atoms with E-state index in [0.29, 0.717) is 16.9 Å². The van der Waals surface area contributed by atoms with Crippen LogP contribution < -0.4 is 9.47 Å². The van der Waals surface area contributed by atoms with Gasteiger partial charge >= 0.3 is 0 Å². The van der Waals surface area contributed by atoms with Crippen molar-refractivity contribution in [3.63, 3.8) is 0 Å². The normalized spacial score (nSPS) is 14.7. The maximum absolute atomic E-state index is 14.2. The summed E-state index contributed by atoms with van der Waals surface area (Å²) in [5.74, 6) is -0.970.